The van der Waals surface area contributed by atoms with Crippen molar-refractivity contribution in [2.45, 2.75) is 52.5 Å². The summed E-state index contributed by atoms with van der Waals surface area (Å²) in [6.45, 7) is 9.05. The van der Waals surface area contributed by atoms with Crippen LogP contribution in [0.3, 0.4) is 0 Å². The zero-order valence-electron chi connectivity index (χ0n) is 12.5. The lowest BCUT2D eigenvalue weighted by Gasteiger charge is -2.39. The number of anilines is 1. The van der Waals surface area contributed by atoms with Crippen LogP contribution >= 0.6 is 0 Å². The van der Waals surface area contributed by atoms with Crippen LogP contribution in [-0.2, 0) is 6.42 Å². The molecule has 1 fully saturated rings. The molecule has 3 heteroatoms. The van der Waals surface area contributed by atoms with E-state index in [9.17, 15) is 0 Å². The van der Waals surface area contributed by atoms with E-state index in [0.29, 0.717) is 5.41 Å². The van der Waals surface area contributed by atoms with Gasteiger partial charge < -0.3 is 10.6 Å². The summed E-state index contributed by atoms with van der Waals surface area (Å²) in [7, 11) is 0. The summed E-state index contributed by atoms with van der Waals surface area (Å²) in [4.78, 5) is 7.07. The smallest absolute Gasteiger partial charge is 0.131 e. The normalized spacial score (nSPS) is 20.3. The zero-order valence-corrected chi connectivity index (χ0v) is 12.5. The van der Waals surface area contributed by atoms with E-state index in [-0.39, 0.29) is 6.04 Å². The van der Waals surface area contributed by atoms with E-state index < -0.39 is 0 Å². The highest BCUT2D eigenvalue weighted by Gasteiger charge is 2.28. The number of nitrogens with two attached hydrogens (primary N) is 1. The van der Waals surface area contributed by atoms with Gasteiger partial charge >= 0.3 is 0 Å². The molecule has 1 saturated heterocycles. The molecular weight excluding hydrogens is 234 g/mol. The fourth-order valence-corrected chi connectivity index (χ4v) is 2.91. The third-order valence-electron chi connectivity index (χ3n) is 4.07. The Hall–Kier alpha value is -1.09. The Morgan fingerprint density at radius 1 is 1.47 bits per heavy atom. The molecular formula is C16H27N3. The standard InChI is InChI=1S/C16H27N3/c1-4-14(17)11-13-7-5-9-18-15(13)19-10-6-8-16(2,3)12-19/h5,7,9,14H,4,6,8,10-12,17H2,1-3H3. The molecule has 2 N–H and O–H groups in total. The molecule has 0 amide bonds. The third kappa shape index (κ3) is 3.69. The minimum Gasteiger partial charge on any atom is -0.356 e. The van der Waals surface area contributed by atoms with Gasteiger partial charge in [0.2, 0.25) is 0 Å². The van der Waals surface area contributed by atoms with Gasteiger partial charge in [-0.1, -0.05) is 26.8 Å². The summed E-state index contributed by atoms with van der Waals surface area (Å²) in [6, 6.07) is 4.44. The molecule has 1 atom stereocenters. The van der Waals surface area contributed by atoms with Crippen molar-refractivity contribution in [3.05, 3.63) is 23.9 Å². The van der Waals surface area contributed by atoms with Gasteiger partial charge in [0, 0.05) is 25.3 Å². The van der Waals surface area contributed by atoms with E-state index in [2.05, 4.69) is 36.7 Å². The number of nitrogens with zero attached hydrogens (tertiary/aromatic N) is 2. The first-order valence-corrected chi connectivity index (χ1v) is 7.46. The van der Waals surface area contributed by atoms with Gasteiger partial charge in [-0.15, -0.1) is 0 Å². The average molecular weight is 261 g/mol. The van der Waals surface area contributed by atoms with Gasteiger partial charge in [0.25, 0.3) is 0 Å². The number of pyridine rings is 1. The summed E-state index contributed by atoms with van der Waals surface area (Å²) in [5, 5.41) is 0. The molecule has 0 aliphatic carbocycles. The van der Waals surface area contributed by atoms with Crippen molar-refractivity contribution in [2.24, 2.45) is 11.1 Å². The maximum atomic E-state index is 6.11. The second-order valence-electron chi connectivity index (χ2n) is 6.55. The fourth-order valence-electron chi connectivity index (χ4n) is 2.91. The van der Waals surface area contributed by atoms with E-state index in [0.717, 1.165) is 31.7 Å². The summed E-state index contributed by atoms with van der Waals surface area (Å²) < 4.78 is 0. The van der Waals surface area contributed by atoms with Gasteiger partial charge in [0.05, 0.1) is 0 Å². The fraction of sp³-hybridized carbons (Fsp3) is 0.688. The highest BCUT2D eigenvalue weighted by Crippen LogP contribution is 2.32. The molecule has 1 aromatic rings. The summed E-state index contributed by atoms with van der Waals surface area (Å²) in [6.07, 6.45) is 6.40. The first-order chi connectivity index (χ1) is 9.02. The van der Waals surface area contributed by atoms with Gasteiger partial charge in [0.1, 0.15) is 5.82 Å². The van der Waals surface area contributed by atoms with Crippen molar-refractivity contribution in [3.8, 4) is 0 Å². The number of rotatable bonds is 4. The zero-order chi connectivity index (χ0) is 13.9. The van der Waals surface area contributed by atoms with Crippen LogP contribution in [0.4, 0.5) is 5.82 Å². The third-order valence-corrected chi connectivity index (χ3v) is 4.07. The van der Waals surface area contributed by atoms with Crippen LogP contribution in [0, 0.1) is 5.41 Å². The van der Waals surface area contributed by atoms with Crippen LogP contribution in [0.2, 0.25) is 0 Å². The summed E-state index contributed by atoms with van der Waals surface area (Å²) in [5.74, 6) is 1.15. The van der Waals surface area contributed by atoms with Crippen molar-refractivity contribution in [1.82, 2.24) is 4.98 Å². The Morgan fingerprint density at radius 3 is 2.95 bits per heavy atom. The Kier molecular flexibility index (Phi) is 4.46. The molecule has 19 heavy (non-hydrogen) atoms. The number of hydrogen-bond acceptors (Lipinski definition) is 3. The largest absolute Gasteiger partial charge is 0.356 e. The van der Waals surface area contributed by atoms with Crippen LogP contribution in [0.15, 0.2) is 18.3 Å². The molecule has 1 aromatic heterocycles. The predicted octanol–water partition coefficient (Wildman–Crippen LogP) is 2.99. The topological polar surface area (TPSA) is 42.1 Å². The molecule has 106 valence electrons. The Bertz CT molecular complexity index is 414. The van der Waals surface area contributed by atoms with Crippen LogP contribution in [-0.4, -0.2) is 24.1 Å². The van der Waals surface area contributed by atoms with E-state index in [1.807, 2.05) is 12.3 Å². The number of hydrogen-bond donors (Lipinski definition) is 1. The van der Waals surface area contributed by atoms with Gasteiger partial charge in [0.15, 0.2) is 0 Å². The lowest BCUT2D eigenvalue weighted by molar-refractivity contribution is 0.291. The van der Waals surface area contributed by atoms with Gasteiger partial charge in [-0.05, 0) is 42.7 Å². The predicted molar refractivity (Wildman–Crippen MR) is 81.4 cm³/mol. The minimum absolute atomic E-state index is 0.237. The second-order valence-corrected chi connectivity index (χ2v) is 6.55. The Labute approximate surface area is 117 Å². The molecule has 0 bridgehead atoms. The summed E-state index contributed by atoms with van der Waals surface area (Å²) >= 11 is 0. The van der Waals surface area contributed by atoms with E-state index in [1.165, 1.54) is 18.4 Å². The first kappa shape index (κ1) is 14.3. The van der Waals surface area contributed by atoms with Gasteiger partial charge in [-0.2, -0.15) is 0 Å². The van der Waals surface area contributed by atoms with Crippen LogP contribution in [0.25, 0.3) is 0 Å². The molecule has 2 rings (SSSR count). The van der Waals surface area contributed by atoms with Crippen LogP contribution in [0.1, 0.15) is 45.6 Å². The molecule has 0 saturated carbocycles. The van der Waals surface area contributed by atoms with Crippen molar-refractivity contribution >= 4 is 5.82 Å². The molecule has 1 aliphatic heterocycles. The highest BCUT2D eigenvalue weighted by atomic mass is 15.2. The first-order valence-electron chi connectivity index (χ1n) is 7.46. The van der Waals surface area contributed by atoms with Crippen molar-refractivity contribution in [2.75, 3.05) is 18.0 Å². The van der Waals surface area contributed by atoms with E-state index in [1.54, 1.807) is 0 Å². The van der Waals surface area contributed by atoms with Crippen molar-refractivity contribution in [1.29, 1.82) is 0 Å². The molecule has 0 radical (unpaired) electrons. The minimum atomic E-state index is 0.237. The van der Waals surface area contributed by atoms with E-state index in [4.69, 9.17) is 5.73 Å². The molecule has 0 spiro atoms. The lowest BCUT2D eigenvalue weighted by atomic mass is 9.84. The van der Waals surface area contributed by atoms with Crippen molar-refractivity contribution < 1.29 is 0 Å². The monoisotopic (exact) mass is 261 g/mol. The highest BCUT2D eigenvalue weighted by molar-refractivity contribution is 5.47. The maximum absolute atomic E-state index is 6.11. The second kappa shape index (κ2) is 5.91. The van der Waals surface area contributed by atoms with Crippen LogP contribution in [0.5, 0.6) is 0 Å². The SMILES string of the molecule is CCC(N)Cc1cccnc1N1CCCC(C)(C)C1. The molecule has 0 aromatic carbocycles. The average Bonchev–Trinajstić information content (AvgIpc) is 2.38. The van der Waals surface area contributed by atoms with Crippen LogP contribution < -0.4 is 10.6 Å². The number of piperidine rings is 1. The lowest BCUT2D eigenvalue weighted by Crippen LogP contribution is -2.41. The van der Waals surface area contributed by atoms with Gasteiger partial charge in [-0.25, -0.2) is 4.98 Å². The maximum Gasteiger partial charge on any atom is 0.131 e. The molecule has 1 aliphatic rings. The van der Waals surface area contributed by atoms with Gasteiger partial charge in [-0.3, -0.25) is 0 Å². The quantitative estimate of drug-likeness (QED) is 0.906. The number of aromatic nitrogens is 1. The molecule has 2 heterocycles. The Morgan fingerprint density at radius 2 is 2.26 bits per heavy atom. The molecule has 3 nitrogen and oxygen atoms in total. The Balaban J connectivity index is 2.19. The van der Waals surface area contributed by atoms with Crippen molar-refractivity contribution in [3.63, 3.8) is 0 Å². The molecule has 1 unspecified atom stereocenters. The van der Waals surface area contributed by atoms with E-state index >= 15 is 0 Å². The summed E-state index contributed by atoms with van der Waals surface area (Å²) in [5.41, 5.74) is 7.80.